The summed E-state index contributed by atoms with van der Waals surface area (Å²) in [5.74, 6) is -0.192. The van der Waals surface area contributed by atoms with Crippen LogP contribution in [0.5, 0.6) is 0 Å². The first-order valence-corrected chi connectivity index (χ1v) is 8.62. The van der Waals surface area contributed by atoms with E-state index >= 15 is 0 Å². The van der Waals surface area contributed by atoms with Crippen molar-refractivity contribution < 1.29 is 4.79 Å². The van der Waals surface area contributed by atoms with E-state index in [1.54, 1.807) is 30.3 Å². The SMILES string of the molecule is O=C(/C(=N\N=C/c1ccc(Cl)c(Cl)c1)c1ccccc1)c1ccccc1. The second-order valence-electron chi connectivity index (χ2n) is 5.43. The van der Waals surface area contributed by atoms with Crippen LogP contribution in [0.4, 0.5) is 0 Å². The van der Waals surface area contributed by atoms with E-state index in [0.717, 1.165) is 5.56 Å². The number of carbonyl (C=O) groups is 1. The van der Waals surface area contributed by atoms with E-state index in [9.17, 15) is 4.79 Å². The summed E-state index contributed by atoms with van der Waals surface area (Å²) in [6, 6.07) is 23.4. The lowest BCUT2D eigenvalue weighted by molar-refractivity contribution is 0.106. The molecule has 3 nitrogen and oxygen atoms in total. The van der Waals surface area contributed by atoms with Gasteiger partial charge in [0.05, 0.1) is 16.3 Å². The second-order valence-corrected chi connectivity index (χ2v) is 6.24. The highest BCUT2D eigenvalue weighted by molar-refractivity contribution is 6.51. The van der Waals surface area contributed by atoms with E-state index in [1.807, 2.05) is 48.5 Å². The highest BCUT2D eigenvalue weighted by Gasteiger charge is 2.15. The Kier molecular flexibility index (Phi) is 5.95. The number of Topliss-reactive ketones (excluding diaryl/α,β-unsaturated/α-hetero) is 1. The standard InChI is InChI=1S/C21H14Cl2N2O/c22-18-12-11-15(13-19(18)23)14-24-25-20(16-7-3-1-4-8-16)21(26)17-9-5-2-6-10-17/h1-14H/b24-14-,25-20-. The summed E-state index contributed by atoms with van der Waals surface area (Å²) in [6.45, 7) is 0. The van der Waals surface area contributed by atoms with Crippen LogP contribution in [0.3, 0.4) is 0 Å². The van der Waals surface area contributed by atoms with Crippen LogP contribution >= 0.6 is 23.2 Å². The fourth-order valence-electron chi connectivity index (χ4n) is 2.30. The lowest BCUT2D eigenvalue weighted by atomic mass is 10.0. The number of ketones is 1. The van der Waals surface area contributed by atoms with Crippen molar-refractivity contribution in [2.45, 2.75) is 0 Å². The van der Waals surface area contributed by atoms with Crippen molar-refractivity contribution in [2.24, 2.45) is 10.2 Å². The van der Waals surface area contributed by atoms with Crippen molar-refractivity contribution in [3.05, 3.63) is 106 Å². The molecular formula is C21H14Cl2N2O. The van der Waals surface area contributed by atoms with Gasteiger partial charge in [-0.05, 0) is 17.7 Å². The van der Waals surface area contributed by atoms with Crippen LogP contribution < -0.4 is 0 Å². The molecule has 26 heavy (non-hydrogen) atoms. The molecule has 0 atom stereocenters. The number of benzene rings is 3. The predicted molar refractivity (Wildman–Crippen MR) is 108 cm³/mol. The number of carbonyl (C=O) groups excluding carboxylic acids is 1. The Morgan fingerprint density at radius 1 is 0.769 bits per heavy atom. The maximum atomic E-state index is 12.8. The maximum absolute atomic E-state index is 12.8. The van der Waals surface area contributed by atoms with E-state index in [-0.39, 0.29) is 11.5 Å². The zero-order chi connectivity index (χ0) is 18.4. The molecule has 3 rings (SSSR count). The van der Waals surface area contributed by atoms with E-state index in [2.05, 4.69) is 10.2 Å². The molecule has 0 bridgehead atoms. The van der Waals surface area contributed by atoms with Crippen molar-refractivity contribution >= 4 is 40.9 Å². The molecule has 0 aliphatic rings. The van der Waals surface area contributed by atoms with Gasteiger partial charge in [-0.2, -0.15) is 5.10 Å². The van der Waals surface area contributed by atoms with Gasteiger partial charge in [0.25, 0.3) is 0 Å². The summed E-state index contributed by atoms with van der Waals surface area (Å²) in [5, 5.41) is 9.16. The van der Waals surface area contributed by atoms with Gasteiger partial charge >= 0.3 is 0 Å². The van der Waals surface area contributed by atoms with Crippen LogP contribution in [0.25, 0.3) is 0 Å². The van der Waals surface area contributed by atoms with E-state index in [0.29, 0.717) is 21.2 Å². The molecular weight excluding hydrogens is 367 g/mol. The van der Waals surface area contributed by atoms with Crippen LogP contribution in [-0.2, 0) is 0 Å². The van der Waals surface area contributed by atoms with Crippen molar-refractivity contribution in [3.63, 3.8) is 0 Å². The molecule has 0 fully saturated rings. The molecule has 0 saturated heterocycles. The number of halogens is 2. The van der Waals surface area contributed by atoms with Crippen molar-refractivity contribution in [2.75, 3.05) is 0 Å². The van der Waals surface area contributed by atoms with Gasteiger partial charge in [-0.25, -0.2) is 0 Å². The number of hydrogen-bond donors (Lipinski definition) is 0. The molecule has 0 heterocycles. The molecule has 0 aromatic heterocycles. The Hall–Kier alpha value is -2.75. The lowest BCUT2D eigenvalue weighted by Gasteiger charge is -2.04. The summed E-state index contributed by atoms with van der Waals surface area (Å²) in [5.41, 5.74) is 2.27. The van der Waals surface area contributed by atoms with Gasteiger partial charge in [-0.1, -0.05) is 89.9 Å². The zero-order valence-electron chi connectivity index (χ0n) is 13.6. The first-order valence-electron chi connectivity index (χ1n) is 7.86. The normalized spacial score (nSPS) is 11.7. The Morgan fingerprint density at radius 2 is 1.38 bits per heavy atom. The molecule has 0 aliphatic heterocycles. The van der Waals surface area contributed by atoms with E-state index < -0.39 is 0 Å². The zero-order valence-corrected chi connectivity index (χ0v) is 15.2. The smallest absolute Gasteiger partial charge is 0.213 e. The third kappa shape index (κ3) is 4.45. The maximum Gasteiger partial charge on any atom is 0.213 e. The minimum Gasteiger partial charge on any atom is -0.287 e. The van der Waals surface area contributed by atoms with Gasteiger partial charge in [0.15, 0.2) is 0 Å². The minimum atomic E-state index is -0.192. The van der Waals surface area contributed by atoms with Gasteiger partial charge < -0.3 is 0 Å². The second kappa shape index (κ2) is 8.56. The first-order chi connectivity index (χ1) is 12.6. The van der Waals surface area contributed by atoms with E-state index in [1.165, 1.54) is 6.21 Å². The largest absolute Gasteiger partial charge is 0.287 e. The van der Waals surface area contributed by atoms with Crippen molar-refractivity contribution in [1.82, 2.24) is 0 Å². The highest BCUT2D eigenvalue weighted by Crippen LogP contribution is 2.21. The minimum absolute atomic E-state index is 0.192. The average Bonchev–Trinajstić information content (AvgIpc) is 2.69. The van der Waals surface area contributed by atoms with Gasteiger partial charge in [-0.3, -0.25) is 4.79 Å². The third-order valence-electron chi connectivity index (χ3n) is 3.61. The molecule has 128 valence electrons. The Bertz CT molecular complexity index is 968. The lowest BCUT2D eigenvalue weighted by Crippen LogP contribution is -2.15. The van der Waals surface area contributed by atoms with Crippen molar-refractivity contribution in [3.8, 4) is 0 Å². The van der Waals surface area contributed by atoms with Crippen LogP contribution in [0.1, 0.15) is 21.5 Å². The van der Waals surface area contributed by atoms with Gasteiger partial charge in [0.1, 0.15) is 5.71 Å². The van der Waals surface area contributed by atoms with Crippen LogP contribution in [-0.4, -0.2) is 17.7 Å². The summed E-state index contributed by atoms with van der Waals surface area (Å²) < 4.78 is 0. The summed E-state index contributed by atoms with van der Waals surface area (Å²) in [6.07, 6.45) is 1.53. The average molecular weight is 381 g/mol. The molecule has 5 heteroatoms. The molecule has 0 amide bonds. The number of hydrogen-bond acceptors (Lipinski definition) is 3. The van der Waals surface area contributed by atoms with Gasteiger partial charge in [0.2, 0.25) is 5.78 Å². The molecule has 0 spiro atoms. The quantitative estimate of drug-likeness (QED) is 0.318. The topological polar surface area (TPSA) is 41.8 Å². The highest BCUT2D eigenvalue weighted by atomic mass is 35.5. The van der Waals surface area contributed by atoms with Crippen LogP contribution in [0, 0.1) is 0 Å². The van der Waals surface area contributed by atoms with E-state index in [4.69, 9.17) is 23.2 Å². The summed E-state index contributed by atoms with van der Waals surface area (Å²) in [4.78, 5) is 12.8. The Morgan fingerprint density at radius 3 is 2.00 bits per heavy atom. The first kappa shape index (κ1) is 18.1. The van der Waals surface area contributed by atoms with Crippen LogP contribution in [0.15, 0.2) is 89.1 Å². The van der Waals surface area contributed by atoms with Crippen molar-refractivity contribution in [1.29, 1.82) is 0 Å². The van der Waals surface area contributed by atoms with Gasteiger partial charge in [-0.15, -0.1) is 5.10 Å². The molecule has 0 aliphatic carbocycles. The van der Waals surface area contributed by atoms with Crippen LogP contribution in [0.2, 0.25) is 10.0 Å². The monoisotopic (exact) mass is 380 g/mol. The number of nitrogens with zero attached hydrogens (tertiary/aromatic N) is 2. The number of rotatable bonds is 5. The molecule has 0 unspecified atom stereocenters. The molecule has 3 aromatic carbocycles. The molecule has 3 aromatic rings. The third-order valence-corrected chi connectivity index (χ3v) is 4.35. The van der Waals surface area contributed by atoms with Gasteiger partial charge in [0, 0.05) is 11.1 Å². The fourth-order valence-corrected chi connectivity index (χ4v) is 2.61. The predicted octanol–water partition coefficient (Wildman–Crippen LogP) is 5.70. The molecule has 0 radical (unpaired) electrons. The Labute approximate surface area is 161 Å². The molecule has 0 saturated carbocycles. The fraction of sp³-hybridized carbons (Fsp3) is 0. The Balaban J connectivity index is 1.95. The molecule has 0 N–H and O–H groups in total. The summed E-state index contributed by atoms with van der Waals surface area (Å²) in [7, 11) is 0. The summed E-state index contributed by atoms with van der Waals surface area (Å²) >= 11 is 11.9.